The van der Waals surface area contributed by atoms with E-state index in [1.165, 1.54) is 4.90 Å². The van der Waals surface area contributed by atoms with Crippen molar-refractivity contribution >= 4 is 17.7 Å². The summed E-state index contributed by atoms with van der Waals surface area (Å²) in [6, 6.07) is 7.43. The Balaban J connectivity index is 1.72. The Kier molecular flexibility index (Phi) is 6.99. The molecule has 3 amide bonds. The zero-order valence-electron chi connectivity index (χ0n) is 22.7. The van der Waals surface area contributed by atoms with Gasteiger partial charge in [-0.05, 0) is 32.3 Å². The molecule has 6 atom stereocenters. The number of aliphatic hydroxyl groups is 1. The summed E-state index contributed by atoms with van der Waals surface area (Å²) in [6.45, 7) is 8.98. The number of carbonyl (C=O) groups is 3. The quantitative estimate of drug-likeness (QED) is 0.558. The van der Waals surface area contributed by atoms with E-state index in [1.54, 1.807) is 9.80 Å². The fourth-order valence-corrected chi connectivity index (χ4v) is 7.07. The van der Waals surface area contributed by atoms with Crippen molar-refractivity contribution in [3.63, 3.8) is 0 Å². The van der Waals surface area contributed by atoms with Crippen LogP contribution < -0.4 is 0 Å². The number of carbonyl (C=O) groups excluding carboxylic acids is 3. The Bertz CT molecular complexity index is 1150. The van der Waals surface area contributed by atoms with Gasteiger partial charge in [0.15, 0.2) is 0 Å². The van der Waals surface area contributed by atoms with Gasteiger partial charge in [0.2, 0.25) is 17.7 Å². The number of ether oxygens (including phenoxy) is 1. The minimum Gasteiger partial charge on any atom is -0.394 e. The second kappa shape index (κ2) is 9.97. The molecule has 0 radical (unpaired) electrons. The van der Waals surface area contributed by atoms with Crippen LogP contribution in [0.2, 0.25) is 0 Å². The molecule has 4 heterocycles. The normalized spacial score (nSPS) is 33.4. The maximum Gasteiger partial charge on any atom is 0.249 e. The van der Waals surface area contributed by atoms with Crippen molar-refractivity contribution in [1.29, 1.82) is 0 Å². The molecule has 4 aliphatic heterocycles. The highest BCUT2D eigenvalue weighted by Gasteiger charge is 2.76. The van der Waals surface area contributed by atoms with Crippen LogP contribution in [0.5, 0.6) is 0 Å². The van der Waals surface area contributed by atoms with Gasteiger partial charge in [-0.2, -0.15) is 0 Å². The molecule has 1 aromatic carbocycles. The molecule has 0 aromatic heterocycles. The molecule has 204 valence electrons. The van der Waals surface area contributed by atoms with Gasteiger partial charge in [-0.1, -0.05) is 68.5 Å². The highest BCUT2D eigenvalue weighted by atomic mass is 16.5. The predicted molar refractivity (Wildman–Crippen MR) is 143 cm³/mol. The second-order valence-electron chi connectivity index (χ2n) is 11.1. The molecule has 38 heavy (non-hydrogen) atoms. The lowest BCUT2D eigenvalue weighted by atomic mass is 9.73. The number of aliphatic hydroxyl groups excluding tert-OH is 1. The third kappa shape index (κ3) is 3.75. The average molecular weight is 522 g/mol. The lowest BCUT2D eigenvalue weighted by Gasteiger charge is -2.41. The molecule has 8 nitrogen and oxygen atoms in total. The number of hydrogen-bond donors (Lipinski definition) is 1. The van der Waals surface area contributed by atoms with Crippen molar-refractivity contribution < 1.29 is 24.2 Å². The van der Waals surface area contributed by atoms with Crippen LogP contribution >= 0.6 is 0 Å². The molecule has 0 saturated carbocycles. The lowest BCUT2D eigenvalue weighted by molar-refractivity contribution is -0.158. The van der Waals surface area contributed by atoms with Crippen LogP contribution in [0.1, 0.15) is 52.1 Å². The van der Waals surface area contributed by atoms with E-state index in [0.717, 1.165) is 12.0 Å². The van der Waals surface area contributed by atoms with Crippen LogP contribution in [0.15, 0.2) is 54.6 Å². The van der Waals surface area contributed by atoms with Crippen molar-refractivity contribution in [3.8, 4) is 0 Å². The van der Waals surface area contributed by atoms with E-state index in [-0.39, 0.29) is 30.4 Å². The minimum absolute atomic E-state index is 0.101. The van der Waals surface area contributed by atoms with Crippen molar-refractivity contribution in [2.24, 2.45) is 11.8 Å². The summed E-state index contributed by atoms with van der Waals surface area (Å²) in [6.07, 6.45) is 9.00. The monoisotopic (exact) mass is 521 g/mol. The Labute approximate surface area is 224 Å². The van der Waals surface area contributed by atoms with Gasteiger partial charge in [0.25, 0.3) is 0 Å². The Morgan fingerprint density at radius 2 is 1.68 bits per heavy atom. The molecule has 1 unspecified atom stereocenters. The first-order chi connectivity index (χ1) is 18.3. The van der Waals surface area contributed by atoms with Gasteiger partial charge < -0.3 is 24.5 Å². The predicted octanol–water partition coefficient (Wildman–Crippen LogP) is 2.70. The van der Waals surface area contributed by atoms with E-state index in [4.69, 9.17) is 4.74 Å². The van der Waals surface area contributed by atoms with Crippen molar-refractivity contribution in [1.82, 2.24) is 14.7 Å². The van der Waals surface area contributed by atoms with Crippen LogP contribution in [-0.4, -0.2) is 87.1 Å². The number of nitrogens with zero attached hydrogens (tertiary/aromatic N) is 3. The highest BCUT2D eigenvalue weighted by molar-refractivity contribution is 6.00. The number of rotatable bonds is 7. The summed E-state index contributed by atoms with van der Waals surface area (Å²) >= 11 is 0. The summed E-state index contributed by atoms with van der Waals surface area (Å²) in [5.41, 5.74) is -1.59. The molecule has 5 rings (SSSR count). The van der Waals surface area contributed by atoms with Gasteiger partial charge in [0.1, 0.15) is 11.6 Å². The smallest absolute Gasteiger partial charge is 0.249 e. The third-order valence-electron chi connectivity index (χ3n) is 8.80. The van der Waals surface area contributed by atoms with E-state index < -0.39 is 35.1 Å². The molecule has 0 aliphatic carbocycles. The van der Waals surface area contributed by atoms with Crippen molar-refractivity contribution in [2.75, 3.05) is 26.2 Å². The summed E-state index contributed by atoms with van der Waals surface area (Å²) in [5, 5.41) is 10.6. The number of fused-ring (bicyclic) bond motifs is 2. The van der Waals surface area contributed by atoms with Crippen LogP contribution in [-0.2, 0) is 19.1 Å². The van der Waals surface area contributed by atoms with Crippen LogP contribution in [0.4, 0.5) is 0 Å². The van der Waals surface area contributed by atoms with Gasteiger partial charge in [-0.15, -0.1) is 0 Å². The molecule has 1 spiro atoms. The highest BCUT2D eigenvalue weighted by Crippen LogP contribution is 2.59. The zero-order chi connectivity index (χ0) is 27.2. The number of amides is 3. The van der Waals surface area contributed by atoms with Crippen LogP contribution in [0.25, 0.3) is 0 Å². The molecular weight excluding hydrogens is 482 g/mol. The first-order valence-electron chi connectivity index (χ1n) is 13.9. The largest absolute Gasteiger partial charge is 0.394 e. The number of benzene rings is 1. The molecule has 8 heteroatoms. The van der Waals surface area contributed by atoms with E-state index in [2.05, 4.69) is 0 Å². The maximum atomic E-state index is 14.6. The van der Waals surface area contributed by atoms with E-state index in [1.807, 2.05) is 82.3 Å². The zero-order valence-corrected chi connectivity index (χ0v) is 22.7. The van der Waals surface area contributed by atoms with Gasteiger partial charge in [0.05, 0.1) is 30.1 Å². The number of hydrogen-bond acceptors (Lipinski definition) is 5. The topological polar surface area (TPSA) is 90.4 Å². The number of likely N-dealkylation sites (tertiary alicyclic amines) is 1. The van der Waals surface area contributed by atoms with E-state index in [0.29, 0.717) is 26.1 Å². The fourth-order valence-electron chi connectivity index (χ4n) is 7.07. The Morgan fingerprint density at radius 3 is 2.32 bits per heavy atom. The molecule has 4 aliphatic rings. The second-order valence-corrected chi connectivity index (χ2v) is 11.1. The van der Waals surface area contributed by atoms with Gasteiger partial charge >= 0.3 is 0 Å². The Hall–Kier alpha value is -2.97. The van der Waals surface area contributed by atoms with Crippen LogP contribution in [0, 0.1) is 11.8 Å². The fraction of sp³-hybridized carbons (Fsp3) is 0.567. The van der Waals surface area contributed by atoms with Gasteiger partial charge in [0, 0.05) is 25.7 Å². The van der Waals surface area contributed by atoms with Crippen molar-refractivity contribution in [2.45, 2.75) is 69.9 Å². The van der Waals surface area contributed by atoms with Crippen molar-refractivity contribution in [3.05, 3.63) is 60.2 Å². The molecule has 1 N–H and O–H groups in total. The first kappa shape index (κ1) is 26.6. The van der Waals surface area contributed by atoms with Gasteiger partial charge in [-0.25, -0.2) is 0 Å². The van der Waals surface area contributed by atoms with Crippen LogP contribution in [0.3, 0.4) is 0 Å². The van der Waals surface area contributed by atoms with E-state index >= 15 is 0 Å². The first-order valence-corrected chi connectivity index (χ1v) is 13.9. The van der Waals surface area contributed by atoms with Gasteiger partial charge in [-0.3, -0.25) is 14.4 Å². The lowest BCUT2D eigenvalue weighted by Crippen LogP contribution is -2.58. The standard InChI is InChI=1S/C30H39N3O5/c1-5-16-31-17-10-14-29(6-2)23(26(31)35)24-27(36)33(22(19-34)21-12-8-7-9-13-21)25-28(37)32(20(3)4)18-11-15-30(24,25)38-29/h7-15,20,22-25,34H,5-6,16-19H2,1-4H3/t22-,23+,24+,25?,29-,30+/m1/s1. The molecule has 2 fully saturated rings. The third-order valence-corrected chi connectivity index (χ3v) is 8.80. The van der Waals surface area contributed by atoms with E-state index in [9.17, 15) is 19.5 Å². The summed E-state index contributed by atoms with van der Waals surface area (Å²) in [5.74, 6) is -2.30. The Morgan fingerprint density at radius 1 is 0.974 bits per heavy atom. The SMILES string of the molecule is CCCN1CC=C[C@@]2(CC)O[C@]34C=CCN(C(C)C)C(=O)C3N([C@H](CO)c3ccccc3)C(=O)[C@@H]4[C@H]2C1=O. The summed E-state index contributed by atoms with van der Waals surface area (Å²) in [4.78, 5) is 48.2. The molecule has 2 saturated heterocycles. The molecule has 0 bridgehead atoms. The average Bonchev–Trinajstić information content (AvgIpc) is 3.20. The molecular formula is C30H39N3O5. The molecule has 1 aromatic rings. The summed E-state index contributed by atoms with van der Waals surface area (Å²) < 4.78 is 6.99. The maximum absolute atomic E-state index is 14.6. The summed E-state index contributed by atoms with van der Waals surface area (Å²) in [7, 11) is 0. The minimum atomic E-state index is -1.32.